The minimum absolute atomic E-state index is 0.0575. The zero-order valence-electron chi connectivity index (χ0n) is 12.4. The lowest BCUT2D eigenvalue weighted by Crippen LogP contribution is -2.11. The highest BCUT2D eigenvalue weighted by Gasteiger charge is 2.29. The van der Waals surface area contributed by atoms with E-state index in [0.29, 0.717) is 6.42 Å². The van der Waals surface area contributed by atoms with E-state index in [4.69, 9.17) is 0 Å². The number of sulfone groups is 1. The predicted octanol–water partition coefficient (Wildman–Crippen LogP) is 2.10. The summed E-state index contributed by atoms with van der Waals surface area (Å²) in [7, 11) is -2.91. The molecule has 1 fully saturated rings. The molecule has 0 aliphatic carbocycles. The molecule has 1 aliphatic heterocycles. The lowest BCUT2D eigenvalue weighted by molar-refractivity contribution is 0.500. The first-order valence-electron chi connectivity index (χ1n) is 7.46. The molecule has 0 bridgehead atoms. The van der Waals surface area contributed by atoms with E-state index in [9.17, 15) is 8.42 Å². The van der Waals surface area contributed by atoms with Gasteiger partial charge in [-0.2, -0.15) is 10.2 Å². The van der Waals surface area contributed by atoms with Gasteiger partial charge in [-0.15, -0.1) is 0 Å². The van der Waals surface area contributed by atoms with Crippen LogP contribution in [0.2, 0.25) is 0 Å². The van der Waals surface area contributed by atoms with Crippen LogP contribution < -0.4 is 0 Å². The molecule has 0 amide bonds. The highest BCUT2D eigenvalue weighted by molar-refractivity contribution is 7.91. The summed E-state index contributed by atoms with van der Waals surface area (Å²) in [6.07, 6.45) is 8.03. The highest BCUT2D eigenvalue weighted by Crippen LogP contribution is 2.26. The molecule has 0 radical (unpaired) electrons. The van der Waals surface area contributed by atoms with Crippen molar-refractivity contribution in [2.45, 2.75) is 12.5 Å². The van der Waals surface area contributed by atoms with Gasteiger partial charge in [-0.3, -0.25) is 4.68 Å². The summed E-state index contributed by atoms with van der Waals surface area (Å²) in [5.74, 6) is 0.427. The van der Waals surface area contributed by atoms with Gasteiger partial charge in [-0.1, -0.05) is 18.2 Å². The predicted molar refractivity (Wildman–Crippen MR) is 87.1 cm³/mol. The molecule has 1 atom stereocenters. The average molecular weight is 328 g/mol. The standard InChI is InChI=1S/C16H16N4O2S/c21-23(22)7-6-16(12-23)20-11-14(9-18-20)13-8-17-19(10-13)15-4-2-1-3-5-15/h1-5,8-11,16H,6-7,12H2. The Balaban J connectivity index is 1.59. The van der Waals surface area contributed by atoms with Crippen LogP contribution in [0, 0.1) is 0 Å². The zero-order chi connectivity index (χ0) is 15.9. The van der Waals surface area contributed by atoms with Crippen molar-refractivity contribution in [1.29, 1.82) is 0 Å². The molecule has 23 heavy (non-hydrogen) atoms. The van der Waals surface area contributed by atoms with Gasteiger partial charge >= 0.3 is 0 Å². The SMILES string of the molecule is O=S1(=O)CCC(n2cc(-c3cnn(-c4ccccc4)c3)cn2)C1. The molecule has 1 saturated heterocycles. The Morgan fingerprint density at radius 2 is 1.74 bits per heavy atom. The summed E-state index contributed by atoms with van der Waals surface area (Å²) in [6.45, 7) is 0. The van der Waals surface area contributed by atoms with Gasteiger partial charge in [0.15, 0.2) is 9.84 Å². The van der Waals surface area contributed by atoms with Crippen LogP contribution in [0.4, 0.5) is 0 Å². The van der Waals surface area contributed by atoms with Gasteiger partial charge < -0.3 is 0 Å². The molecule has 2 aromatic heterocycles. The Morgan fingerprint density at radius 1 is 1.00 bits per heavy atom. The largest absolute Gasteiger partial charge is 0.268 e. The average Bonchev–Trinajstić information content (AvgIpc) is 3.25. The molecule has 0 saturated carbocycles. The van der Waals surface area contributed by atoms with E-state index >= 15 is 0 Å². The van der Waals surface area contributed by atoms with Crippen LogP contribution in [0.5, 0.6) is 0 Å². The maximum Gasteiger partial charge on any atom is 0.152 e. The first-order valence-corrected chi connectivity index (χ1v) is 9.28. The van der Waals surface area contributed by atoms with E-state index in [1.165, 1.54) is 0 Å². The highest BCUT2D eigenvalue weighted by atomic mass is 32.2. The van der Waals surface area contributed by atoms with Gasteiger partial charge in [0.2, 0.25) is 0 Å². The fourth-order valence-corrected chi connectivity index (χ4v) is 4.57. The summed E-state index contributed by atoms with van der Waals surface area (Å²) < 4.78 is 26.8. The van der Waals surface area contributed by atoms with Crippen molar-refractivity contribution in [3.63, 3.8) is 0 Å². The fourth-order valence-electron chi connectivity index (χ4n) is 2.86. The van der Waals surface area contributed by atoms with Crippen molar-refractivity contribution in [2.24, 2.45) is 0 Å². The Bertz CT molecular complexity index is 928. The minimum atomic E-state index is -2.91. The van der Waals surface area contributed by atoms with Gasteiger partial charge in [0.25, 0.3) is 0 Å². The summed E-state index contributed by atoms with van der Waals surface area (Å²) in [5.41, 5.74) is 2.89. The molecule has 4 rings (SSSR count). The lowest BCUT2D eigenvalue weighted by atomic mass is 10.2. The topological polar surface area (TPSA) is 69.8 Å². The Hall–Kier alpha value is -2.41. The van der Waals surface area contributed by atoms with Gasteiger partial charge in [0.05, 0.1) is 35.6 Å². The number of benzene rings is 1. The second kappa shape index (κ2) is 5.34. The summed E-state index contributed by atoms with van der Waals surface area (Å²) in [5, 5.41) is 8.71. The first kappa shape index (κ1) is 14.2. The maximum absolute atomic E-state index is 11.6. The van der Waals surface area contributed by atoms with Crippen molar-refractivity contribution >= 4 is 9.84 Å². The molecule has 1 aliphatic rings. The van der Waals surface area contributed by atoms with Crippen molar-refractivity contribution in [2.75, 3.05) is 11.5 Å². The third-order valence-corrected chi connectivity index (χ3v) is 5.87. The number of aromatic nitrogens is 4. The molecular weight excluding hydrogens is 312 g/mol. The number of hydrogen-bond acceptors (Lipinski definition) is 4. The Labute approximate surface area is 134 Å². The zero-order valence-corrected chi connectivity index (χ0v) is 13.2. The van der Waals surface area contributed by atoms with E-state index in [0.717, 1.165) is 16.8 Å². The van der Waals surface area contributed by atoms with Crippen LogP contribution in [0.3, 0.4) is 0 Å². The molecule has 3 heterocycles. The summed E-state index contributed by atoms with van der Waals surface area (Å²) in [6, 6.07) is 9.82. The summed E-state index contributed by atoms with van der Waals surface area (Å²) in [4.78, 5) is 0. The Morgan fingerprint density at radius 3 is 2.48 bits per heavy atom. The molecule has 1 unspecified atom stereocenters. The number of hydrogen-bond donors (Lipinski definition) is 0. The van der Waals surface area contributed by atoms with E-state index in [1.807, 2.05) is 47.4 Å². The van der Waals surface area contributed by atoms with E-state index < -0.39 is 9.84 Å². The van der Waals surface area contributed by atoms with Crippen LogP contribution in [0.25, 0.3) is 16.8 Å². The van der Waals surface area contributed by atoms with Gasteiger partial charge in [-0.25, -0.2) is 13.1 Å². The minimum Gasteiger partial charge on any atom is -0.268 e. The third-order valence-electron chi connectivity index (χ3n) is 4.12. The van der Waals surface area contributed by atoms with Crippen molar-refractivity contribution in [1.82, 2.24) is 19.6 Å². The molecule has 0 spiro atoms. The second-order valence-electron chi connectivity index (χ2n) is 5.78. The number of rotatable bonds is 3. The second-order valence-corrected chi connectivity index (χ2v) is 8.00. The summed E-state index contributed by atoms with van der Waals surface area (Å²) >= 11 is 0. The molecule has 1 aromatic carbocycles. The van der Waals surface area contributed by atoms with Crippen LogP contribution in [-0.2, 0) is 9.84 Å². The lowest BCUT2D eigenvalue weighted by Gasteiger charge is -2.06. The van der Waals surface area contributed by atoms with Crippen molar-refractivity contribution in [3.8, 4) is 16.8 Å². The van der Waals surface area contributed by atoms with Crippen LogP contribution in [-0.4, -0.2) is 39.5 Å². The van der Waals surface area contributed by atoms with Crippen molar-refractivity contribution < 1.29 is 8.42 Å². The quantitative estimate of drug-likeness (QED) is 0.738. The number of nitrogens with zero attached hydrogens (tertiary/aromatic N) is 4. The smallest absolute Gasteiger partial charge is 0.152 e. The molecule has 0 N–H and O–H groups in total. The van der Waals surface area contributed by atoms with E-state index in [2.05, 4.69) is 10.2 Å². The molecular formula is C16H16N4O2S. The molecule has 7 heteroatoms. The Kier molecular flexibility index (Phi) is 3.30. The fraction of sp³-hybridized carbons (Fsp3) is 0.250. The molecule has 118 valence electrons. The van der Waals surface area contributed by atoms with Crippen LogP contribution in [0.15, 0.2) is 55.1 Å². The molecule has 3 aromatic rings. The van der Waals surface area contributed by atoms with Gasteiger partial charge in [0.1, 0.15) is 0 Å². The van der Waals surface area contributed by atoms with Crippen molar-refractivity contribution in [3.05, 3.63) is 55.1 Å². The van der Waals surface area contributed by atoms with E-state index in [-0.39, 0.29) is 17.5 Å². The third kappa shape index (κ3) is 2.79. The van der Waals surface area contributed by atoms with Gasteiger partial charge in [-0.05, 0) is 18.6 Å². The monoisotopic (exact) mass is 328 g/mol. The molecule has 6 nitrogen and oxygen atoms in total. The number of para-hydroxylation sites is 1. The van der Waals surface area contributed by atoms with Gasteiger partial charge in [0, 0.05) is 23.5 Å². The first-order chi connectivity index (χ1) is 11.1. The van der Waals surface area contributed by atoms with Crippen LogP contribution >= 0.6 is 0 Å². The normalized spacial score (nSPS) is 19.9. The maximum atomic E-state index is 11.6. The van der Waals surface area contributed by atoms with E-state index in [1.54, 1.807) is 17.1 Å². The van der Waals surface area contributed by atoms with Crippen LogP contribution in [0.1, 0.15) is 12.5 Å².